The molecule has 0 aliphatic carbocycles. The molecular formula is C18H23N7O2. The molecule has 9 nitrogen and oxygen atoms in total. The third-order valence-electron chi connectivity index (χ3n) is 4.15. The molecule has 0 aliphatic rings. The second-order valence-corrected chi connectivity index (χ2v) is 6.27. The van der Waals surface area contributed by atoms with Gasteiger partial charge in [0.25, 0.3) is 11.5 Å². The maximum atomic E-state index is 12.6. The van der Waals surface area contributed by atoms with E-state index < -0.39 is 0 Å². The highest BCUT2D eigenvalue weighted by atomic mass is 16.1. The summed E-state index contributed by atoms with van der Waals surface area (Å²) in [6.07, 6.45) is 4.93. The van der Waals surface area contributed by atoms with Crippen LogP contribution in [-0.4, -0.2) is 38.6 Å². The van der Waals surface area contributed by atoms with Crippen LogP contribution in [0.25, 0.3) is 5.65 Å². The lowest BCUT2D eigenvalue weighted by Gasteiger charge is -2.12. The number of nitrogens with one attached hydrogen (secondary N) is 4. The van der Waals surface area contributed by atoms with Gasteiger partial charge in [-0.1, -0.05) is 13.3 Å². The van der Waals surface area contributed by atoms with Crippen LogP contribution >= 0.6 is 0 Å². The molecular weight excluding hydrogens is 346 g/mol. The molecule has 3 aromatic rings. The number of hydrogen-bond acceptors (Lipinski definition) is 6. The number of fused-ring (bicyclic) bond motifs is 1. The van der Waals surface area contributed by atoms with Crippen molar-refractivity contribution in [2.45, 2.75) is 32.7 Å². The zero-order valence-electron chi connectivity index (χ0n) is 15.5. The van der Waals surface area contributed by atoms with E-state index >= 15 is 0 Å². The molecule has 0 aliphatic heterocycles. The summed E-state index contributed by atoms with van der Waals surface area (Å²) in [5.41, 5.74) is 0.876. The van der Waals surface area contributed by atoms with Crippen molar-refractivity contribution in [3.63, 3.8) is 0 Å². The Hall–Kier alpha value is -3.36. The quantitative estimate of drug-likeness (QED) is 0.507. The van der Waals surface area contributed by atoms with Crippen LogP contribution in [0.2, 0.25) is 0 Å². The molecule has 4 N–H and O–H groups in total. The van der Waals surface area contributed by atoms with Gasteiger partial charge in [0.2, 0.25) is 0 Å². The Balaban J connectivity index is 1.99. The average molecular weight is 369 g/mol. The van der Waals surface area contributed by atoms with E-state index in [9.17, 15) is 9.59 Å². The highest BCUT2D eigenvalue weighted by Crippen LogP contribution is 2.20. The van der Waals surface area contributed by atoms with Gasteiger partial charge in [-0.25, -0.2) is 4.98 Å². The van der Waals surface area contributed by atoms with Crippen LogP contribution in [0.3, 0.4) is 0 Å². The molecule has 27 heavy (non-hydrogen) atoms. The smallest absolute Gasteiger partial charge is 0.271 e. The minimum atomic E-state index is -0.259. The Bertz CT molecular complexity index is 1010. The van der Waals surface area contributed by atoms with Gasteiger partial charge in [0.05, 0.1) is 6.20 Å². The van der Waals surface area contributed by atoms with Crippen LogP contribution in [-0.2, 0) is 0 Å². The number of anilines is 3. The molecule has 1 amide bonds. The van der Waals surface area contributed by atoms with E-state index in [1.165, 1.54) is 6.20 Å². The highest BCUT2D eigenvalue weighted by Gasteiger charge is 2.18. The maximum absolute atomic E-state index is 12.6. The second kappa shape index (κ2) is 7.90. The number of aromatic amines is 1. The first-order chi connectivity index (χ1) is 13.0. The molecule has 0 saturated heterocycles. The van der Waals surface area contributed by atoms with Crippen molar-refractivity contribution in [3.8, 4) is 0 Å². The van der Waals surface area contributed by atoms with Crippen LogP contribution in [0, 0.1) is 0 Å². The summed E-state index contributed by atoms with van der Waals surface area (Å²) in [6, 6.07) is 5.15. The number of carbonyl (C=O) groups is 1. The van der Waals surface area contributed by atoms with Gasteiger partial charge in [-0.3, -0.25) is 9.59 Å². The zero-order chi connectivity index (χ0) is 19.4. The van der Waals surface area contributed by atoms with Gasteiger partial charge >= 0.3 is 0 Å². The van der Waals surface area contributed by atoms with Gasteiger partial charge < -0.3 is 20.9 Å². The van der Waals surface area contributed by atoms with Crippen LogP contribution in [0.4, 0.5) is 17.3 Å². The molecule has 0 spiro atoms. The Morgan fingerprint density at radius 2 is 2.22 bits per heavy atom. The van der Waals surface area contributed by atoms with Crippen LogP contribution in [0.5, 0.6) is 0 Å². The average Bonchev–Trinajstić information content (AvgIpc) is 3.07. The SMILES string of the molecule is CCC[C@@H](C)NC(=O)c1cnn2c(NC)cc(Nc3ccc[nH]c3=O)nc12. The number of carbonyl (C=O) groups excluding carboxylic acids is 1. The number of amides is 1. The minimum absolute atomic E-state index is 0.0606. The van der Waals surface area contributed by atoms with Crippen LogP contribution in [0.1, 0.15) is 37.0 Å². The number of nitrogens with zero attached hydrogens (tertiary/aromatic N) is 3. The van der Waals surface area contributed by atoms with E-state index in [4.69, 9.17) is 0 Å². The molecule has 3 rings (SSSR count). The summed E-state index contributed by atoms with van der Waals surface area (Å²) >= 11 is 0. The predicted octanol–water partition coefficient (Wildman–Crippen LogP) is 2.12. The normalized spacial score (nSPS) is 12.0. The number of pyridine rings is 1. The molecule has 0 unspecified atom stereocenters. The van der Waals surface area contributed by atoms with Gasteiger partial charge in [0, 0.05) is 25.4 Å². The van der Waals surface area contributed by atoms with Crippen LogP contribution in [0.15, 0.2) is 35.4 Å². The van der Waals surface area contributed by atoms with Gasteiger partial charge in [-0.2, -0.15) is 9.61 Å². The lowest BCUT2D eigenvalue weighted by Crippen LogP contribution is -2.32. The fourth-order valence-electron chi connectivity index (χ4n) is 2.83. The van der Waals surface area contributed by atoms with Crippen molar-refractivity contribution >= 4 is 28.9 Å². The molecule has 3 aromatic heterocycles. The lowest BCUT2D eigenvalue weighted by molar-refractivity contribution is 0.0940. The molecule has 0 fully saturated rings. The van der Waals surface area contributed by atoms with Gasteiger partial charge in [0.15, 0.2) is 5.65 Å². The number of hydrogen-bond donors (Lipinski definition) is 4. The first-order valence-electron chi connectivity index (χ1n) is 8.85. The van der Waals surface area contributed by atoms with E-state index in [1.54, 1.807) is 36.0 Å². The highest BCUT2D eigenvalue weighted by molar-refractivity contribution is 6.00. The van der Waals surface area contributed by atoms with Crippen molar-refractivity contribution in [2.24, 2.45) is 0 Å². The number of aromatic nitrogens is 4. The summed E-state index contributed by atoms with van der Waals surface area (Å²) in [6.45, 7) is 4.04. The third-order valence-corrected chi connectivity index (χ3v) is 4.15. The largest absolute Gasteiger partial charge is 0.373 e. The Morgan fingerprint density at radius 1 is 1.41 bits per heavy atom. The van der Waals surface area contributed by atoms with E-state index in [0.717, 1.165) is 12.8 Å². The topological polar surface area (TPSA) is 116 Å². The van der Waals surface area contributed by atoms with E-state index in [2.05, 4.69) is 37.9 Å². The van der Waals surface area contributed by atoms with E-state index in [1.807, 2.05) is 6.92 Å². The molecule has 3 heterocycles. The Labute approximate surface area is 156 Å². The summed E-state index contributed by atoms with van der Waals surface area (Å²) in [4.78, 5) is 31.6. The third kappa shape index (κ3) is 3.91. The molecule has 142 valence electrons. The van der Waals surface area contributed by atoms with Crippen molar-refractivity contribution < 1.29 is 4.79 Å². The predicted molar refractivity (Wildman–Crippen MR) is 105 cm³/mol. The van der Waals surface area contributed by atoms with Gasteiger partial charge in [-0.05, 0) is 25.5 Å². The molecule has 1 atom stereocenters. The summed E-state index contributed by atoms with van der Waals surface area (Å²) in [5.74, 6) is 0.838. The molecule has 0 aromatic carbocycles. The van der Waals surface area contributed by atoms with Crippen molar-refractivity contribution in [1.29, 1.82) is 0 Å². The minimum Gasteiger partial charge on any atom is -0.373 e. The zero-order valence-corrected chi connectivity index (χ0v) is 15.5. The summed E-state index contributed by atoms with van der Waals surface area (Å²) in [7, 11) is 1.75. The molecule has 0 radical (unpaired) electrons. The van der Waals surface area contributed by atoms with Crippen molar-refractivity contribution in [3.05, 3.63) is 46.5 Å². The van der Waals surface area contributed by atoms with Gasteiger partial charge in [0.1, 0.15) is 22.9 Å². The summed E-state index contributed by atoms with van der Waals surface area (Å²) in [5, 5.41) is 13.2. The first-order valence-corrected chi connectivity index (χ1v) is 8.85. The lowest BCUT2D eigenvalue weighted by atomic mass is 10.2. The van der Waals surface area contributed by atoms with Gasteiger partial charge in [-0.15, -0.1) is 0 Å². The fourth-order valence-corrected chi connectivity index (χ4v) is 2.83. The number of H-pyrrole nitrogens is 1. The van der Waals surface area contributed by atoms with E-state index in [0.29, 0.717) is 28.5 Å². The summed E-state index contributed by atoms with van der Waals surface area (Å²) < 4.78 is 1.56. The maximum Gasteiger partial charge on any atom is 0.271 e. The molecule has 9 heteroatoms. The van der Waals surface area contributed by atoms with E-state index in [-0.39, 0.29) is 17.5 Å². The molecule has 0 saturated carbocycles. The molecule has 0 bridgehead atoms. The monoisotopic (exact) mass is 369 g/mol. The number of rotatable bonds is 7. The first kappa shape index (κ1) is 18.4. The van der Waals surface area contributed by atoms with Crippen LogP contribution < -0.4 is 21.5 Å². The fraction of sp³-hybridized carbons (Fsp3) is 0.333. The van der Waals surface area contributed by atoms with Crippen molar-refractivity contribution in [1.82, 2.24) is 24.9 Å². The Kier molecular flexibility index (Phi) is 5.39. The Morgan fingerprint density at radius 3 is 2.93 bits per heavy atom. The standard InChI is InChI=1S/C18H23N7O2/c1-4-6-11(2)22-17(26)12-10-21-25-15(19-3)9-14(24-16(12)25)23-13-7-5-8-20-18(13)27/h5,7-11,19H,4,6H2,1-3H3,(H,20,27)(H,22,26)(H,23,24)/t11-/m1/s1. The second-order valence-electron chi connectivity index (χ2n) is 6.27. The van der Waals surface area contributed by atoms with Crippen molar-refractivity contribution in [2.75, 3.05) is 17.7 Å².